The van der Waals surface area contributed by atoms with E-state index in [1.165, 1.54) is 12.1 Å². The average molecular weight is 561 g/mol. The van der Waals surface area contributed by atoms with E-state index < -0.39 is 15.8 Å². The van der Waals surface area contributed by atoms with Gasteiger partial charge in [-0.3, -0.25) is 14.9 Å². The quantitative estimate of drug-likeness (QED) is 0.156. The van der Waals surface area contributed by atoms with Crippen LogP contribution in [0.2, 0.25) is 0 Å². The van der Waals surface area contributed by atoms with E-state index in [4.69, 9.17) is 35.1 Å². The van der Waals surface area contributed by atoms with Crippen LogP contribution in [-0.2, 0) is 36.7 Å². The number of hydrogen-bond donors (Lipinski definition) is 1. The first-order valence-corrected chi connectivity index (χ1v) is 10.0. The van der Waals surface area contributed by atoms with Crippen LogP contribution < -0.4 is 5.63 Å². The molecule has 0 amide bonds. The Bertz CT molecular complexity index is 1280. The van der Waals surface area contributed by atoms with Crippen molar-refractivity contribution in [1.82, 2.24) is 14.9 Å². The monoisotopic (exact) mass is 560 g/mol. The summed E-state index contributed by atoms with van der Waals surface area (Å²) in [7, 11) is 0. The minimum Gasteiger partial charge on any atom is -0.508 e. The number of benzene rings is 1. The molecule has 1 N–H and O–H groups in total. The molecule has 1 aromatic carbocycles. The van der Waals surface area contributed by atoms with Gasteiger partial charge in [0.1, 0.15) is 11.3 Å². The number of phenolic OH excluding ortho intramolecular Hbond substituents is 1. The van der Waals surface area contributed by atoms with Gasteiger partial charge in [-0.1, -0.05) is 12.1 Å². The van der Waals surface area contributed by atoms with Crippen molar-refractivity contribution in [3.63, 3.8) is 0 Å². The molecule has 4 aromatic rings. The molecular formula is C22H19CuN5O9. The molecule has 37 heavy (non-hydrogen) atoms. The minimum atomic E-state index is -1.75. The Labute approximate surface area is 219 Å². The molecule has 0 aliphatic carbocycles. The van der Waals surface area contributed by atoms with Gasteiger partial charge in [-0.2, -0.15) is 0 Å². The number of nitrogens with zero attached hydrogens (tertiary/aromatic N) is 5. The predicted octanol–water partition coefficient (Wildman–Crippen LogP) is 3.01. The van der Waals surface area contributed by atoms with Gasteiger partial charge in [-0.25, -0.2) is 4.79 Å². The molecule has 0 spiro atoms. The van der Waals surface area contributed by atoms with E-state index in [1.54, 1.807) is 24.5 Å². The number of pyridine rings is 2. The smallest absolute Gasteiger partial charge is 0.508 e. The number of rotatable bonds is 6. The van der Waals surface area contributed by atoms with E-state index in [0.717, 1.165) is 22.3 Å². The summed E-state index contributed by atoms with van der Waals surface area (Å²) < 4.78 is 5.24. The second-order valence-corrected chi connectivity index (χ2v) is 7.01. The van der Waals surface area contributed by atoms with E-state index in [9.17, 15) is 9.90 Å². The first-order valence-electron chi connectivity index (χ1n) is 10.0. The summed E-state index contributed by atoms with van der Waals surface area (Å²) in [6.45, 7) is 1.73. The third kappa shape index (κ3) is 11.6. The van der Waals surface area contributed by atoms with E-state index in [-0.39, 0.29) is 22.8 Å². The Morgan fingerprint density at radius 3 is 1.78 bits per heavy atom. The number of phenols is 1. The SMILES string of the molecule is O=[N+]([O-])[O-].O=[N+]([O-])[O-].O=c1cc(CN(Cc2ccccn2)Cc2ccccn2)c2ccc(O)cc2o1.[Cu+2]. The van der Waals surface area contributed by atoms with Crippen molar-refractivity contribution in [2.24, 2.45) is 0 Å². The molecule has 0 saturated heterocycles. The Balaban J connectivity index is 0.000000671. The van der Waals surface area contributed by atoms with Crippen molar-refractivity contribution in [2.75, 3.05) is 0 Å². The molecule has 0 fully saturated rings. The van der Waals surface area contributed by atoms with Crippen LogP contribution in [0.5, 0.6) is 5.75 Å². The van der Waals surface area contributed by atoms with Gasteiger partial charge in [-0.15, -0.1) is 0 Å². The van der Waals surface area contributed by atoms with Crippen molar-refractivity contribution >= 4 is 11.0 Å². The van der Waals surface area contributed by atoms with E-state index in [0.29, 0.717) is 25.2 Å². The molecule has 0 unspecified atom stereocenters. The van der Waals surface area contributed by atoms with Crippen LogP contribution in [0.25, 0.3) is 11.0 Å². The first kappa shape index (κ1) is 30.4. The van der Waals surface area contributed by atoms with Crippen molar-refractivity contribution < 1.29 is 36.8 Å². The zero-order chi connectivity index (χ0) is 26.5. The largest absolute Gasteiger partial charge is 2.00 e. The summed E-state index contributed by atoms with van der Waals surface area (Å²) in [6, 6.07) is 17.9. The van der Waals surface area contributed by atoms with Crippen LogP contribution in [0.3, 0.4) is 0 Å². The van der Waals surface area contributed by atoms with Crippen LogP contribution in [0.4, 0.5) is 0 Å². The number of aromatic nitrogens is 2. The van der Waals surface area contributed by atoms with E-state index in [1.807, 2.05) is 36.4 Å². The molecule has 1 radical (unpaired) electrons. The van der Waals surface area contributed by atoms with Crippen molar-refractivity contribution in [1.29, 1.82) is 0 Å². The van der Waals surface area contributed by atoms with Crippen LogP contribution in [0.15, 0.2) is 82.3 Å². The second kappa shape index (κ2) is 15.4. The molecule has 0 aliphatic heterocycles. The van der Waals surface area contributed by atoms with Crippen LogP contribution >= 0.6 is 0 Å². The zero-order valence-electron chi connectivity index (χ0n) is 18.8. The Morgan fingerprint density at radius 1 is 0.811 bits per heavy atom. The van der Waals surface area contributed by atoms with E-state index >= 15 is 0 Å². The fraction of sp³-hybridized carbons (Fsp3) is 0.136. The van der Waals surface area contributed by atoms with Gasteiger partial charge < -0.3 is 40.2 Å². The van der Waals surface area contributed by atoms with Gasteiger partial charge in [0.25, 0.3) is 0 Å². The maximum atomic E-state index is 12.0. The Kier molecular flexibility index (Phi) is 12.7. The summed E-state index contributed by atoms with van der Waals surface area (Å²) >= 11 is 0. The zero-order valence-corrected chi connectivity index (χ0v) is 19.7. The van der Waals surface area contributed by atoms with Gasteiger partial charge in [0.15, 0.2) is 0 Å². The number of aromatic hydroxyl groups is 1. The van der Waals surface area contributed by atoms with Gasteiger partial charge in [-0.05, 0) is 42.0 Å². The van der Waals surface area contributed by atoms with Crippen LogP contribution in [-0.4, -0.2) is 30.1 Å². The van der Waals surface area contributed by atoms with Gasteiger partial charge in [0.05, 0.1) is 21.6 Å². The summed E-state index contributed by atoms with van der Waals surface area (Å²) in [5.41, 5.74) is 2.63. The summed E-state index contributed by atoms with van der Waals surface area (Å²) in [5, 5.41) is 40.0. The van der Waals surface area contributed by atoms with Gasteiger partial charge in [0.2, 0.25) is 0 Å². The molecule has 0 bridgehead atoms. The summed E-state index contributed by atoms with van der Waals surface area (Å²) in [4.78, 5) is 39.5. The number of hydrogen-bond acceptors (Lipinski definition) is 12. The molecule has 0 aliphatic rings. The van der Waals surface area contributed by atoms with Crippen LogP contribution in [0, 0.1) is 30.6 Å². The normalized spacial score (nSPS) is 9.76. The topological polar surface area (TPSA) is 212 Å². The number of fused-ring (bicyclic) bond motifs is 1. The van der Waals surface area contributed by atoms with Crippen molar-refractivity contribution in [3.8, 4) is 5.75 Å². The summed E-state index contributed by atoms with van der Waals surface area (Å²) in [5.74, 6) is 0.0617. The Hall–Kier alpha value is -4.59. The average Bonchev–Trinajstić information content (AvgIpc) is 2.79. The fourth-order valence-electron chi connectivity index (χ4n) is 3.20. The molecule has 0 saturated carbocycles. The molecule has 3 heterocycles. The first-order chi connectivity index (χ1) is 17.1. The molecular weight excluding hydrogens is 542 g/mol. The predicted molar refractivity (Wildman–Crippen MR) is 126 cm³/mol. The van der Waals surface area contributed by atoms with Gasteiger partial charge >= 0.3 is 22.7 Å². The van der Waals surface area contributed by atoms with Crippen molar-refractivity contribution in [3.05, 3.63) is 131 Å². The third-order valence-corrected chi connectivity index (χ3v) is 4.43. The van der Waals surface area contributed by atoms with Crippen molar-refractivity contribution in [2.45, 2.75) is 19.6 Å². The molecule has 15 heteroatoms. The molecule has 0 atom stereocenters. The standard InChI is InChI=1S/C22H19N3O3.Cu.2NO3/c26-19-7-8-20-16(11-22(27)28-21(20)12-19)13-25(14-17-5-1-3-9-23-17)15-18-6-2-4-10-24-18;;2*2-1(3)4/h1-12,26H,13-15H2;;;/q;+2;2*-1. The molecule has 14 nitrogen and oxygen atoms in total. The van der Waals surface area contributed by atoms with Crippen LogP contribution in [0.1, 0.15) is 17.0 Å². The molecule has 197 valence electrons. The third-order valence-electron chi connectivity index (χ3n) is 4.43. The Morgan fingerprint density at radius 2 is 1.32 bits per heavy atom. The fourth-order valence-corrected chi connectivity index (χ4v) is 3.20. The van der Waals surface area contributed by atoms with E-state index in [2.05, 4.69) is 14.9 Å². The minimum absolute atomic E-state index is 0. The van der Waals surface area contributed by atoms with Gasteiger partial charge in [0, 0.05) is 49.5 Å². The maximum absolute atomic E-state index is 12.0. The molecule has 4 rings (SSSR count). The molecule has 3 aromatic heterocycles. The summed E-state index contributed by atoms with van der Waals surface area (Å²) in [6.07, 6.45) is 3.53. The second-order valence-electron chi connectivity index (χ2n) is 7.01. The maximum Gasteiger partial charge on any atom is 2.00 e.